The fourth-order valence-electron chi connectivity index (χ4n) is 3.42. The molecule has 1 aliphatic heterocycles. The van der Waals surface area contributed by atoms with E-state index in [-0.39, 0.29) is 0 Å². The predicted octanol–water partition coefficient (Wildman–Crippen LogP) is 2.33. The molecule has 6 nitrogen and oxygen atoms in total. The van der Waals surface area contributed by atoms with Crippen LogP contribution in [-0.4, -0.2) is 64.0 Å². The summed E-state index contributed by atoms with van der Waals surface area (Å²) in [6, 6.07) is 4.17. The molecule has 1 aliphatic rings. The van der Waals surface area contributed by atoms with E-state index >= 15 is 0 Å². The van der Waals surface area contributed by atoms with Crippen LogP contribution in [0.1, 0.15) is 30.2 Å². The topological polar surface area (TPSA) is 46.4 Å². The van der Waals surface area contributed by atoms with Crippen LogP contribution in [0, 0.1) is 6.92 Å². The molecule has 1 fully saturated rings. The zero-order valence-electron chi connectivity index (χ0n) is 16.1. The minimum absolute atomic E-state index is 0.870. The van der Waals surface area contributed by atoms with E-state index in [9.17, 15) is 0 Å². The molecule has 0 bridgehead atoms. The number of nitrogens with zero attached hydrogens (tertiary/aromatic N) is 5. The van der Waals surface area contributed by atoms with Gasteiger partial charge in [0.15, 0.2) is 0 Å². The molecule has 6 heteroatoms. The summed E-state index contributed by atoms with van der Waals surface area (Å²) in [6.07, 6.45) is 7.16. The second-order valence-corrected chi connectivity index (χ2v) is 6.97. The smallest absolute Gasteiger partial charge is 0.0638 e. The Balaban J connectivity index is 1.59. The molecule has 3 rings (SSSR count). The van der Waals surface area contributed by atoms with E-state index in [0.29, 0.717) is 0 Å². The Bertz CT molecular complexity index is 651. The number of hydrogen-bond donors (Lipinski definition) is 0. The molecule has 0 amide bonds. The molecule has 0 radical (unpaired) electrons. The van der Waals surface area contributed by atoms with Crippen LogP contribution in [0.25, 0.3) is 0 Å². The number of pyridine rings is 1. The summed E-state index contributed by atoms with van der Waals surface area (Å²) in [5, 5.41) is 4.60. The van der Waals surface area contributed by atoms with Gasteiger partial charge in [-0.05, 0) is 38.4 Å². The highest BCUT2D eigenvalue weighted by Crippen LogP contribution is 2.13. The van der Waals surface area contributed by atoms with Crippen molar-refractivity contribution in [1.29, 1.82) is 0 Å². The molecule has 1 saturated heterocycles. The summed E-state index contributed by atoms with van der Waals surface area (Å²) in [6.45, 7) is 13.1. The average Bonchev–Trinajstić information content (AvgIpc) is 3.03. The quantitative estimate of drug-likeness (QED) is 0.689. The van der Waals surface area contributed by atoms with Crippen LogP contribution in [0.4, 0.5) is 0 Å². The molecule has 0 atom stereocenters. The second kappa shape index (κ2) is 9.80. The summed E-state index contributed by atoms with van der Waals surface area (Å²) in [5.41, 5.74) is 3.72. The van der Waals surface area contributed by atoms with Gasteiger partial charge in [0.2, 0.25) is 0 Å². The van der Waals surface area contributed by atoms with Crippen LogP contribution < -0.4 is 0 Å². The molecular formula is C20H31N5O. The lowest BCUT2D eigenvalue weighted by molar-refractivity contribution is 0.0359. The Kier molecular flexibility index (Phi) is 7.17. The van der Waals surface area contributed by atoms with Crippen LogP contribution in [0.5, 0.6) is 0 Å². The lowest BCUT2D eigenvalue weighted by atomic mass is 10.2. The molecule has 0 aromatic carbocycles. The number of hydrogen-bond acceptors (Lipinski definition) is 5. The van der Waals surface area contributed by atoms with Gasteiger partial charge in [-0.2, -0.15) is 5.10 Å². The maximum atomic E-state index is 5.44. The minimum Gasteiger partial charge on any atom is -0.379 e. The maximum absolute atomic E-state index is 5.44. The first-order valence-corrected chi connectivity index (χ1v) is 9.69. The summed E-state index contributed by atoms with van der Waals surface area (Å²) in [5.74, 6) is 0. The lowest BCUT2D eigenvalue weighted by Gasteiger charge is -2.28. The molecule has 0 aliphatic carbocycles. The molecule has 2 aromatic rings. The highest BCUT2D eigenvalue weighted by molar-refractivity contribution is 5.16. The van der Waals surface area contributed by atoms with Gasteiger partial charge in [-0.25, -0.2) is 0 Å². The fourth-order valence-corrected chi connectivity index (χ4v) is 3.42. The molecule has 2 aromatic heterocycles. The van der Waals surface area contributed by atoms with Gasteiger partial charge in [0.05, 0.1) is 18.9 Å². The van der Waals surface area contributed by atoms with Gasteiger partial charge in [-0.15, -0.1) is 0 Å². The van der Waals surface area contributed by atoms with Gasteiger partial charge in [0.25, 0.3) is 0 Å². The number of rotatable bonds is 9. The van der Waals surface area contributed by atoms with Gasteiger partial charge in [-0.1, -0.05) is 6.07 Å². The number of morpholine rings is 1. The second-order valence-electron chi connectivity index (χ2n) is 6.97. The molecule has 0 saturated carbocycles. The summed E-state index contributed by atoms with van der Waals surface area (Å²) in [4.78, 5) is 9.29. The monoisotopic (exact) mass is 357 g/mol. The van der Waals surface area contributed by atoms with E-state index in [0.717, 1.165) is 64.7 Å². The standard InChI is InChI=1S/C20H31N5O/c1-3-25-17-20(18(2)22-25)16-24(15-19-6-4-7-21-14-19)9-5-8-23-10-12-26-13-11-23/h4,6-7,14,17H,3,5,8-13,15-16H2,1-2H3. The van der Waals surface area contributed by atoms with Crippen molar-refractivity contribution in [3.8, 4) is 0 Å². The molecule has 3 heterocycles. The lowest BCUT2D eigenvalue weighted by Crippen LogP contribution is -2.38. The molecular weight excluding hydrogens is 326 g/mol. The van der Waals surface area contributed by atoms with Crippen molar-refractivity contribution in [2.45, 2.75) is 39.9 Å². The van der Waals surface area contributed by atoms with Crippen molar-refractivity contribution in [3.05, 3.63) is 47.5 Å². The van der Waals surface area contributed by atoms with E-state index in [1.54, 1.807) is 0 Å². The molecule has 142 valence electrons. The summed E-state index contributed by atoms with van der Waals surface area (Å²) >= 11 is 0. The van der Waals surface area contributed by atoms with Crippen LogP contribution in [0.15, 0.2) is 30.7 Å². The third-order valence-electron chi connectivity index (χ3n) is 4.95. The Morgan fingerprint density at radius 2 is 2.08 bits per heavy atom. The summed E-state index contributed by atoms with van der Waals surface area (Å²) < 4.78 is 7.47. The SMILES string of the molecule is CCn1cc(CN(CCCN2CCOCC2)Cc2cccnc2)c(C)n1. The van der Waals surface area contributed by atoms with Crippen molar-refractivity contribution in [2.24, 2.45) is 0 Å². The highest BCUT2D eigenvalue weighted by Gasteiger charge is 2.14. The van der Waals surface area contributed by atoms with Crippen molar-refractivity contribution >= 4 is 0 Å². The Morgan fingerprint density at radius 1 is 1.23 bits per heavy atom. The zero-order valence-corrected chi connectivity index (χ0v) is 16.1. The molecule has 0 spiro atoms. The van der Waals surface area contributed by atoms with Gasteiger partial charge < -0.3 is 4.74 Å². The maximum Gasteiger partial charge on any atom is 0.0638 e. The van der Waals surface area contributed by atoms with Crippen LogP contribution in [-0.2, 0) is 24.4 Å². The predicted molar refractivity (Wildman–Crippen MR) is 103 cm³/mol. The normalized spacial score (nSPS) is 15.7. The third kappa shape index (κ3) is 5.62. The first-order chi connectivity index (χ1) is 12.7. The Labute approximate surface area is 156 Å². The minimum atomic E-state index is 0.870. The van der Waals surface area contributed by atoms with Crippen LogP contribution >= 0.6 is 0 Å². The summed E-state index contributed by atoms with van der Waals surface area (Å²) in [7, 11) is 0. The van der Waals surface area contributed by atoms with Crippen molar-refractivity contribution in [3.63, 3.8) is 0 Å². The van der Waals surface area contributed by atoms with E-state index in [2.05, 4.69) is 46.0 Å². The largest absolute Gasteiger partial charge is 0.379 e. The molecule has 26 heavy (non-hydrogen) atoms. The number of aromatic nitrogens is 3. The highest BCUT2D eigenvalue weighted by atomic mass is 16.5. The van der Waals surface area contributed by atoms with E-state index in [1.807, 2.05) is 23.1 Å². The van der Waals surface area contributed by atoms with E-state index in [1.165, 1.54) is 17.5 Å². The Morgan fingerprint density at radius 3 is 2.77 bits per heavy atom. The van der Waals surface area contributed by atoms with Gasteiger partial charge in [0.1, 0.15) is 0 Å². The molecule has 0 unspecified atom stereocenters. The first-order valence-electron chi connectivity index (χ1n) is 9.69. The fraction of sp³-hybridized carbons (Fsp3) is 0.600. The van der Waals surface area contributed by atoms with Crippen LogP contribution in [0.3, 0.4) is 0 Å². The van der Waals surface area contributed by atoms with Gasteiger partial charge in [-0.3, -0.25) is 19.5 Å². The van der Waals surface area contributed by atoms with E-state index < -0.39 is 0 Å². The average molecular weight is 358 g/mol. The van der Waals surface area contributed by atoms with E-state index in [4.69, 9.17) is 4.74 Å². The van der Waals surface area contributed by atoms with Gasteiger partial charge in [0, 0.05) is 63.4 Å². The Hall–Kier alpha value is -1.76. The number of aryl methyl sites for hydroxylation is 2. The third-order valence-corrected chi connectivity index (χ3v) is 4.95. The van der Waals surface area contributed by atoms with Crippen molar-refractivity contribution in [1.82, 2.24) is 24.6 Å². The first kappa shape index (κ1) is 19.0. The van der Waals surface area contributed by atoms with Crippen LogP contribution in [0.2, 0.25) is 0 Å². The number of ether oxygens (including phenoxy) is 1. The molecule has 0 N–H and O–H groups in total. The zero-order chi connectivity index (χ0) is 18.2. The van der Waals surface area contributed by atoms with Gasteiger partial charge >= 0.3 is 0 Å². The van der Waals surface area contributed by atoms with Crippen molar-refractivity contribution < 1.29 is 4.74 Å². The van der Waals surface area contributed by atoms with Crippen molar-refractivity contribution in [2.75, 3.05) is 39.4 Å².